The van der Waals surface area contributed by atoms with E-state index in [1.807, 2.05) is 19.1 Å². The molecule has 0 aliphatic carbocycles. The molecular weight excluding hydrogens is 234 g/mol. The molecule has 0 spiro atoms. The lowest BCUT2D eigenvalue weighted by Gasteiger charge is -2.15. The van der Waals surface area contributed by atoms with E-state index in [9.17, 15) is 8.42 Å². The first-order chi connectivity index (χ1) is 8.10. The van der Waals surface area contributed by atoms with Crippen LogP contribution in [0.2, 0.25) is 0 Å². The summed E-state index contributed by atoms with van der Waals surface area (Å²) in [6, 6.07) is 7.22. The number of sulfone groups is 1. The molecule has 4 heteroatoms. The van der Waals surface area contributed by atoms with Gasteiger partial charge < -0.3 is 5.32 Å². The summed E-state index contributed by atoms with van der Waals surface area (Å²) in [5.41, 5.74) is 0.998. The number of benzene rings is 1. The third-order valence-electron chi connectivity index (χ3n) is 3.28. The van der Waals surface area contributed by atoms with E-state index in [4.69, 9.17) is 0 Å². The molecule has 1 N–H and O–H groups in total. The molecule has 0 saturated carbocycles. The van der Waals surface area contributed by atoms with Crippen LogP contribution in [0.1, 0.15) is 24.8 Å². The molecule has 1 fully saturated rings. The fraction of sp³-hybridized carbons (Fsp3) is 0.538. The van der Waals surface area contributed by atoms with Gasteiger partial charge in [-0.2, -0.15) is 0 Å². The molecule has 1 heterocycles. The topological polar surface area (TPSA) is 46.2 Å². The van der Waals surface area contributed by atoms with Crippen LogP contribution < -0.4 is 5.32 Å². The van der Waals surface area contributed by atoms with Gasteiger partial charge in [-0.15, -0.1) is 0 Å². The fourth-order valence-electron chi connectivity index (χ4n) is 2.28. The number of hydrogen-bond donors (Lipinski definition) is 1. The van der Waals surface area contributed by atoms with Gasteiger partial charge in [-0.05, 0) is 57.0 Å². The van der Waals surface area contributed by atoms with Crippen molar-refractivity contribution in [1.29, 1.82) is 0 Å². The Morgan fingerprint density at radius 1 is 1.24 bits per heavy atom. The smallest absolute Gasteiger partial charge is 0.181 e. The summed E-state index contributed by atoms with van der Waals surface area (Å²) in [6.07, 6.45) is 2.43. The Balaban J connectivity index is 2.28. The molecule has 0 bridgehead atoms. The lowest BCUT2D eigenvalue weighted by molar-refractivity contribution is 0.566. The van der Waals surface area contributed by atoms with E-state index in [-0.39, 0.29) is 5.25 Å². The van der Waals surface area contributed by atoms with Gasteiger partial charge >= 0.3 is 0 Å². The van der Waals surface area contributed by atoms with Crippen LogP contribution in [0.3, 0.4) is 0 Å². The van der Waals surface area contributed by atoms with Crippen LogP contribution in [-0.2, 0) is 9.84 Å². The van der Waals surface area contributed by atoms with Gasteiger partial charge in [-0.1, -0.05) is 12.1 Å². The first-order valence-corrected chi connectivity index (χ1v) is 7.66. The van der Waals surface area contributed by atoms with Crippen LogP contribution in [0.5, 0.6) is 0 Å². The van der Waals surface area contributed by atoms with E-state index in [0.29, 0.717) is 4.90 Å². The van der Waals surface area contributed by atoms with Crippen molar-refractivity contribution in [3.8, 4) is 0 Å². The van der Waals surface area contributed by atoms with E-state index in [0.717, 1.165) is 37.9 Å². The molecule has 0 amide bonds. The van der Waals surface area contributed by atoms with Gasteiger partial charge in [0.25, 0.3) is 0 Å². The van der Waals surface area contributed by atoms with Gasteiger partial charge in [-0.3, -0.25) is 0 Å². The Hall–Kier alpha value is -0.870. The highest BCUT2D eigenvalue weighted by Gasteiger charge is 2.27. The number of nitrogens with one attached hydrogen (secondary N) is 1. The second kappa shape index (κ2) is 5.19. The molecule has 1 atom stereocenters. The highest BCUT2D eigenvalue weighted by Crippen LogP contribution is 2.23. The molecule has 1 saturated heterocycles. The molecular formula is C13H19NO2S. The van der Waals surface area contributed by atoms with E-state index in [2.05, 4.69) is 5.32 Å². The van der Waals surface area contributed by atoms with Crippen molar-refractivity contribution in [3.63, 3.8) is 0 Å². The Kier molecular flexibility index (Phi) is 3.84. The Morgan fingerprint density at radius 3 is 2.82 bits per heavy atom. The zero-order valence-corrected chi connectivity index (χ0v) is 11.0. The zero-order valence-electron chi connectivity index (χ0n) is 10.1. The Morgan fingerprint density at radius 2 is 2.06 bits per heavy atom. The van der Waals surface area contributed by atoms with Gasteiger partial charge in [0.05, 0.1) is 10.1 Å². The van der Waals surface area contributed by atoms with Crippen molar-refractivity contribution in [3.05, 3.63) is 29.8 Å². The fourth-order valence-corrected chi connectivity index (χ4v) is 4.19. The molecule has 17 heavy (non-hydrogen) atoms. The van der Waals surface area contributed by atoms with Crippen LogP contribution in [0.15, 0.2) is 29.2 Å². The predicted octanol–water partition coefficient (Wildman–Crippen LogP) is 1.91. The minimum absolute atomic E-state index is 0.223. The summed E-state index contributed by atoms with van der Waals surface area (Å²) in [7, 11) is -3.15. The van der Waals surface area contributed by atoms with Gasteiger partial charge in [0.2, 0.25) is 0 Å². The molecule has 2 rings (SSSR count). The maximum Gasteiger partial charge on any atom is 0.181 e. The van der Waals surface area contributed by atoms with Crippen molar-refractivity contribution >= 4 is 9.84 Å². The molecule has 3 nitrogen and oxygen atoms in total. The molecule has 1 aliphatic rings. The lowest BCUT2D eigenvalue weighted by atomic mass is 10.2. The third-order valence-corrected chi connectivity index (χ3v) is 5.54. The highest BCUT2D eigenvalue weighted by atomic mass is 32.2. The SMILES string of the molecule is Cc1cccc(S(=O)(=O)C2CCCNCC2)c1. The van der Waals surface area contributed by atoms with Crippen molar-refractivity contribution in [1.82, 2.24) is 5.32 Å². The normalized spacial score (nSPS) is 22.1. The molecule has 1 aromatic rings. The average molecular weight is 253 g/mol. The van der Waals surface area contributed by atoms with E-state index in [1.54, 1.807) is 12.1 Å². The molecule has 1 aliphatic heterocycles. The predicted molar refractivity (Wildman–Crippen MR) is 68.9 cm³/mol. The van der Waals surface area contributed by atoms with Crippen molar-refractivity contribution in [2.24, 2.45) is 0 Å². The highest BCUT2D eigenvalue weighted by molar-refractivity contribution is 7.92. The first kappa shape index (κ1) is 12.6. The number of aryl methyl sites for hydroxylation is 1. The monoisotopic (exact) mass is 253 g/mol. The van der Waals surface area contributed by atoms with Crippen molar-refractivity contribution in [2.75, 3.05) is 13.1 Å². The largest absolute Gasteiger partial charge is 0.317 e. The van der Waals surface area contributed by atoms with Crippen LogP contribution >= 0.6 is 0 Å². The van der Waals surface area contributed by atoms with Crippen LogP contribution in [0.25, 0.3) is 0 Å². The summed E-state index contributed by atoms with van der Waals surface area (Å²) in [5, 5.41) is 3.02. The van der Waals surface area contributed by atoms with Gasteiger partial charge in [0, 0.05) is 0 Å². The molecule has 1 unspecified atom stereocenters. The number of rotatable bonds is 2. The Labute approximate surface area is 103 Å². The minimum atomic E-state index is -3.15. The van der Waals surface area contributed by atoms with Crippen LogP contribution in [0.4, 0.5) is 0 Å². The van der Waals surface area contributed by atoms with Gasteiger partial charge in [0.1, 0.15) is 0 Å². The first-order valence-electron chi connectivity index (χ1n) is 6.12. The number of hydrogen-bond acceptors (Lipinski definition) is 3. The van der Waals surface area contributed by atoms with Crippen LogP contribution in [-0.4, -0.2) is 26.8 Å². The summed E-state index contributed by atoms with van der Waals surface area (Å²) in [6.45, 7) is 3.66. The summed E-state index contributed by atoms with van der Waals surface area (Å²) < 4.78 is 24.9. The molecule has 1 aromatic carbocycles. The average Bonchev–Trinajstić information content (AvgIpc) is 2.58. The quantitative estimate of drug-likeness (QED) is 0.875. The zero-order chi connectivity index (χ0) is 12.3. The van der Waals surface area contributed by atoms with Crippen molar-refractivity contribution < 1.29 is 8.42 Å². The third kappa shape index (κ3) is 2.87. The van der Waals surface area contributed by atoms with Gasteiger partial charge in [-0.25, -0.2) is 8.42 Å². The molecule has 94 valence electrons. The second-order valence-corrected chi connectivity index (χ2v) is 6.89. The Bertz CT molecular complexity index is 474. The van der Waals surface area contributed by atoms with Crippen molar-refractivity contribution in [2.45, 2.75) is 36.3 Å². The van der Waals surface area contributed by atoms with Gasteiger partial charge in [0.15, 0.2) is 9.84 Å². The second-order valence-electron chi connectivity index (χ2n) is 4.66. The van der Waals surface area contributed by atoms with Crippen LogP contribution in [0, 0.1) is 6.92 Å². The molecule has 0 aromatic heterocycles. The lowest BCUT2D eigenvalue weighted by Crippen LogP contribution is -2.23. The summed E-state index contributed by atoms with van der Waals surface area (Å²) in [4.78, 5) is 0.476. The van der Waals surface area contributed by atoms with E-state index in [1.165, 1.54) is 0 Å². The van der Waals surface area contributed by atoms with E-state index < -0.39 is 9.84 Å². The maximum absolute atomic E-state index is 12.5. The summed E-state index contributed by atoms with van der Waals surface area (Å²) >= 11 is 0. The molecule has 0 radical (unpaired) electrons. The maximum atomic E-state index is 12.5. The van der Waals surface area contributed by atoms with E-state index >= 15 is 0 Å². The minimum Gasteiger partial charge on any atom is -0.317 e. The standard InChI is InChI=1S/C13H19NO2S/c1-11-4-2-5-13(10-11)17(15,16)12-6-3-8-14-9-7-12/h2,4-5,10,12,14H,3,6-9H2,1H3. The summed E-state index contributed by atoms with van der Waals surface area (Å²) in [5.74, 6) is 0.